The molecular formula is C32H39Cl2N3O4S. The van der Waals surface area contributed by atoms with E-state index in [4.69, 9.17) is 28.0 Å². The molecule has 1 aliphatic heterocycles. The number of rotatable bonds is 11. The molecule has 0 spiro atoms. The molecule has 1 aliphatic rings. The van der Waals surface area contributed by atoms with Crippen molar-refractivity contribution in [3.05, 3.63) is 99.0 Å². The average molecular weight is 633 g/mol. The third-order valence-corrected chi connectivity index (χ3v) is 10.5. The Hall–Kier alpha value is -2.46. The lowest BCUT2D eigenvalue weighted by molar-refractivity contribution is -0.0261. The summed E-state index contributed by atoms with van der Waals surface area (Å²) >= 11 is 12.7. The summed E-state index contributed by atoms with van der Waals surface area (Å²) in [5, 5.41) is 16.5. The molecule has 0 radical (unpaired) electrons. The van der Waals surface area contributed by atoms with Crippen LogP contribution in [0.25, 0.3) is 0 Å². The normalized spacial score (nSPS) is 16.9. The highest BCUT2D eigenvalue weighted by Gasteiger charge is 2.34. The van der Waals surface area contributed by atoms with E-state index in [0.29, 0.717) is 41.6 Å². The summed E-state index contributed by atoms with van der Waals surface area (Å²) in [5.41, 5.74) is 3.29. The van der Waals surface area contributed by atoms with E-state index in [1.165, 1.54) is 11.4 Å². The molecule has 1 unspecified atom stereocenters. The van der Waals surface area contributed by atoms with Gasteiger partial charge in [-0.25, -0.2) is 8.42 Å². The van der Waals surface area contributed by atoms with E-state index >= 15 is 0 Å². The van der Waals surface area contributed by atoms with Crippen LogP contribution in [0.4, 0.5) is 0 Å². The topological polar surface area (TPSA) is 82.4 Å². The maximum absolute atomic E-state index is 13.6. The van der Waals surface area contributed by atoms with Crippen LogP contribution in [0.3, 0.4) is 0 Å². The fourth-order valence-corrected chi connectivity index (χ4v) is 7.28. The van der Waals surface area contributed by atoms with Gasteiger partial charge in [-0.2, -0.15) is 4.31 Å². The van der Waals surface area contributed by atoms with Gasteiger partial charge in [0.15, 0.2) is 0 Å². The molecule has 226 valence electrons. The molecule has 10 heteroatoms. The molecule has 0 aromatic heterocycles. The summed E-state index contributed by atoms with van der Waals surface area (Å²) < 4.78 is 28.5. The molecule has 1 N–H and O–H groups in total. The highest BCUT2D eigenvalue weighted by atomic mass is 35.5. The van der Waals surface area contributed by atoms with Crippen molar-refractivity contribution in [2.75, 3.05) is 40.3 Å². The molecule has 1 saturated heterocycles. The highest BCUT2D eigenvalue weighted by molar-refractivity contribution is 7.89. The molecule has 1 atom stereocenters. The van der Waals surface area contributed by atoms with Crippen molar-refractivity contribution < 1.29 is 18.4 Å². The average Bonchev–Trinajstić information content (AvgIpc) is 2.96. The number of piperidine rings is 1. The lowest BCUT2D eigenvalue weighted by Crippen LogP contribution is -2.43. The van der Waals surface area contributed by atoms with Gasteiger partial charge < -0.3 is 14.8 Å². The Morgan fingerprint density at radius 2 is 1.67 bits per heavy atom. The van der Waals surface area contributed by atoms with Gasteiger partial charge in [-0.15, -0.1) is 0 Å². The van der Waals surface area contributed by atoms with E-state index in [-0.39, 0.29) is 17.4 Å². The third-order valence-electron chi connectivity index (χ3n) is 7.97. The van der Waals surface area contributed by atoms with Crippen LogP contribution in [-0.4, -0.2) is 68.8 Å². The summed E-state index contributed by atoms with van der Waals surface area (Å²) in [6.45, 7) is 5.97. The number of nitrogens with zero attached hydrogens (tertiary/aromatic N) is 3. The fourth-order valence-electron chi connectivity index (χ4n) is 5.64. The predicted molar refractivity (Wildman–Crippen MR) is 170 cm³/mol. The minimum atomic E-state index is -3.79. The number of oxime groups is 1. The van der Waals surface area contributed by atoms with Gasteiger partial charge in [0.25, 0.3) is 0 Å². The van der Waals surface area contributed by atoms with Gasteiger partial charge >= 0.3 is 0 Å². The van der Waals surface area contributed by atoms with Crippen LogP contribution in [-0.2, 0) is 20.5 Å². The summed E-state index contributed by atoms with van der Waals surface area (Å²) in [7, 11) is -0.779. The smallest absolute Gasteiger partial charge is 0.243 e. The molecule has 0 saturated carbocycles. The van der Waals surface area contributed by atoms with Crippen LogP contribution in [0, 0.1) is 13.8 Å². The van der Waals surface area contributed by atoms with E-state index in [0.717, 1.165) is 35.3 Å². The molecule has 0 amide bonds. The second-order valence-electron chi connectivity index (χ2n) is 11.1. The second-order valence-corrected chi connectivity index (χ2v) is 14.0. The van der Waals surface area contributed by atoms with Crippen LogP contribution in [0.1, 0.15) is 47.4 Å². The second kappa shape index (κ2) is 13.9. The van der Waals surface area contributed by atoms with Gasteiger partial charge in [-0.05, 0) is 86.2 Å². The van der Waals surface area contributed by atoms with E-state index < -0.39 is 15.6 Å². The monoisotopic (exact) mass is 631 g/mol. The van der Waals surface area contributed by atoms with E-state index in [2.05, 4.69) is 10.1 Å². The number of likely N-dealkylation sites (tertiary alicyclic amines) is 1. The molecule has 3 aromatic carbocycles. The number of sulfonamides is 1. The Balaban J connectivity index is 1.55. The van der Waals surface area contributed by atoms with Gasteiger partial charge in [0.2, 0.25) is 10.0 Å². The van der Waals surface area contributed by atoms with Crippen molar-refractivity contribution in [1.29, 1.82) is 0 Å². The molecule has 3 aromatic rings. The maximum atomic E-state index is 13.6. The Kier molecular flexibility index (Phi) is 10.7. The molecule has 0 bridgehead atoms. The lowest BCUT2D eigenvalue weighted by atomic mass is 9.84. The Morgan fingerprint density at radius 3 is 2.26 bits per heavy atom. The zero-order valence-corrected chi connectivity index (χ0v) is 26.9. The summed E-state index contributed by atoms with van der Waals surface area (Å²) in [6.07, 6.45) is 1.90. The molecule has 7 nitrogen and oxygen atoms in total. The maximum Gasteiger partial charge on any atom is 0.243 e. The van der Waals surface area contributed by atoms with Crippen molar-refractivity contribution in [3.8, 4) is 0 Å². The van der Waals surface area contributed by atoms with Crippen LogP contribution in [0.2, 0.25) is 10.0 Å². The van der Waals surface area contributed by atoms with Gasteiger partial charge in [0, 0.05) is 26.1 Å². The van der Waals surface area contributed by atoms with Crippen molar-refractivity contribution in [1.82, 2.24) is 9.21 Å². The zero-order chi connectivity index (χ0) is 30.5. The number of benzene rings is 3. The predicted octanol–water partition coefficient (Wildman–Crippen LogP) is 6.39. The molecule has 0 aliphatic carbocycles. The Labute approximate surface area is 259 Å². The number of hydrogen-bond acceptors (Lipinski definition) is 6. The standard InChI is InChI=1S/C32H39Cl2N3O4S/c1-23-18-24(2)20-27(19-23)42(39,40)36(3)22-31(35-41-4)28(25-10-11-29(33)30(34)21-25)12-15-37-16-13-32(38,14-17-37)26-8-6-5-7-9-26/h5-11,18-21,28,38H,12-17,22H2,1-4H3/b35-31-. The van der Waals surface area contributed by atoms with Crippen LogP contribution in [0.5, 0.6) is 0 Å². The fraction of sp³-hybridized carbons (Fsp3) is 0.406. The number of hydrogen-bond donors (Lipinski definition) is 1. The summed E-state index contributed by atoms with van der Waals surface area (Å²) in [5.74, 6) is -0.286. The quantitative estimate of drug-likeness (QED) is 0.196. The SMILES string of the molecule is CO/N=C(/CN(C)S(=O)(=O)c1cc(C)cc(C)c1)C(CCN1CCC(O)(c2ccccc2)CC1)c1ccc(Cl)c(Cl)c1. The third kappa shape index (κ3) is 7.73. The first-order valence-electron chi connectivity index (χ1n) is 14.0. The first kappa shape index (κ1) is 32.5. The van der Waals surface area contributed by atoms with Crippen molar-refractivity contribution in [2.24, 2.45) is 5.16 Å². The number of aryl methyl sites for hydroxylation is 2. The summed E-state index contributed by atoms with van der Waals surface area (Å²) in [6, 6.07) is 20.6. The molecular weight excluding hydrogens is 593 g/mol. The number of aliphatic hydroxyl groups is 1. The number of halogens is 2. The minimum absolute atomic E-state index is 0.0296. The van der Waals surface area contributed by atoms with Gasteiger partial charge in [-0.3, -0.25) is 0 Å². The van der Waals surface area contributed by atoms with Gasteiger partial charge in [-0.1, -0.05) is 70.8 Å². The van der Waals surface area contributed by atoms with E-state index in [9.17, 15) is 13.5 Å². The van der Waals surface area contributed by atoms with Gasteiger partial charge in [0.05, 0.1) is 32.8 Å². The zero-order valence-electron chi connectivity index (χ0n) is 24.6. The highest BCUT2D eigenvalue weighted by Crippen LogP contribution is 2.34. The van der Waals surface area contributed by atoms with E-state index in [1.807, 2.05) is 62.4 Å². The molecule has 4 rings (SSSR count). The Bertz CT molecular complexity index is 1490. The van der Waals surface area contributed by atoms with Crippen molar-refractivity contribution >= 4 is 38.9 Å². The molecule has 1 fully saturated rings. The largest absolute Gasteiger partial charge is 0.399 e. The van der Waals surface area contributed by atoms with Crippen molar-refractivity contribution in [2.45, 2.75) is 49.5 Å². The van der Waals surface area contributed by atoms with E-state index in [1.54, 1.807) is 25.2 Å². The minimum Gasteiger partial charge on any atom is -0.399 e. The molecule has 1 heterocycles. The van der Waals surface area contributed by atoms with Gasteiger partial charge in [0.1, 0.15) is 7.11 Å². The van der Waals surface area contributed by atoms with Crippen LogP contribution >= 0.6 is 23.2 Å². The first-order chi connectivity index (χ1) is 19.9. The lowest BCUT2D eigenvalue weighted by Gasteiger charge is -2.39. The summed E-state index contributed by atoms with van der Waals surface area (Å²) in [4.78, 5) is 7.81. The van der Waals surface area contributed by atoms with Crippen molar-refractivity contribution in [3.63, 3.8) is 0 Å². The van der Waals surface area contributed by atoms with Crippen LogP contribution < -0.4 is 0 Å². The molecule has 42 heavy (non-hydrogen) atoms. The van der Waals surface area contributed by atoms with Crippen LogP contribution in [0.15, 0.2) is 76.8 Å². The Morgan fingerprint density at radius 1 is 1.02 bits per heavy atom. The first-order valence-corrected chi connectivity index (χ1v) is 16.2.